The number of carbonyl (C=O) groups excluding carboxylic acids is 1. The summed E-state index contributed by atoms with van der Waals surface area (Å²) >= 11 is 7.21. The van der Waals surface area contributed by atoms with E-state index in [1.165, 1.54) is 23.5 Å². The van der Waals surface area contributed by atoms with E-state index < -0.39 is 21.0 Å². The van der Waals surface area contributed by atoms with Gasteiger partial charge in [-0.15, -0.1) is 0 Å². The van der Waals surface area contributed by atoms with Gasteiger partial charge in [-0.3, -0.25) is 10.1 Å². The molecule has 2 rings (SSSR count). The van der Waals surface area contributed by atoms with Gasteiger partial charge in [0, 0.05) is 31.6 Å². The maximum Gasteiger partial charge on any atom is 0.338 e. The van der Waals surface area contributed by atoms with Gasteiger partial charge < -0.3 is 9.29 Å². The molecule has 1 aromatic heterocycles. The highest BCUT2D eigenvalue weighted by atomic mass is 35.5. The smallest absolute Gasteiger partial charge is 0.338 e. The molecule has 0 N–H and O–H groups in total. The molecule has 0 unspecified atom stereocenters. The zero-order valence-electron chi connectivity index (χ0n) is 15.5. The number of nitrogens with zero attached hydrogens (tertiary/aromatic N) is 2. The number of esters is 1. The van der Waals surface area contributed by atoms with E-state index in [0.29, 0.717) is 25.8 Å². The van der Waals surface area contributed by atoms with Gasteiger partial charge in [0.1, 0.15) is 11.6 Å². The Hall–Kier alpha value is -2.08. The Morgan fingerprint density at radius 1 is 1.34 bits per heavy atom. The van der Waals surface area contributed by atoms with Gasteiger partial charge >= 0.3 is 5.97 Å². The second-order valence-corrected chi connectivity index (χ2v) is 9.07. The summed E-state index contributed by atoms with van der Waals surface area (Å²) in [4.78, 5) is 23.3. The van der Waals surface area contributed by atoms with Crippen LogP contribution < -0.4 is 4.57 Å². The van der Waals surface area contributed by atoms with Crippen LogP contribution in [0.15, 0.2) is 23.7 Å². The number of hydrogen-bond donors (Lipinski definition) is 0. The van der Waals surface area contributed by atoms with Crippen LogP contribution in [0.3, 0.4) is 0 Å². The number of carbonyl (C=O) groups is 1. The fraction of sp³-hybridized carbons (Fsp3) is 0.412. The van der Waals surface area contributed by atoms with Crippen LogP contribution in [0, 0.1) is 17.0 Å². The Balaban J connectivity index is 1.86. The number of nitro benzene ring substituents is 1. The SMILES string of the molecule is Cc1c(CCOC(=O)c2ccc(Cl)c([N+](=O)[O-])c2)sc[n+]1CCCCS(=O)(=O)[O-]. The predicted molar refractivity (Wildman–Crippen MR) is 105 cm³/mol. The zero-order valence-corrected chi connectivity index (χ0v) is 17.9. The van der Waals surface area contributed by atoms with E-state index in [0.717, 1.165) is 16.6 Å². The Bertz CT molecular complexity index is 1010. The van der Waals surface area contributed by atoms with Crippen LogP contribution in [0.25, 0.3) is 0 Å². The molecule has 29 heavy (non-hydrogen) atoms. The van der Waals surface area contributed by atoms with Crippen molar-refractivity contribution in [2.24, 2.45) is 0 Å². The first-order chi connectivity index (χ1) is 13.6. The lowest BCUT2D eigenvalue weighted by Gasteiger charge is -2.05. The molecule has 2 aromatic rings. The van der Waals surface area contributed by atoms with Gasteiger partial charge in [-0.05, 0) is 18.6 Å². The highest BCUT2D eigenvalue weighted by molar-refractivity contribution is 7.85. The van der Waals surface area contributed by atoms with Crippen molar-refractivity contribution in [3.8, 4) is 0 Å². The van der Waals surface area contributed by atoms with Gasteiger partial charge in [-0.25, -0.2) is 13.2 Å². The van der Waals surface area contributed by atoms with Crippen molar-refractivity contribution >= 4 is 44.7 Å². The Kier molecular flexibility index (Phi) is 8.08. The van der Waals surface area contributed by atoms with Crippen molar-refractivity contribution in [3.05, 3.63) is 55.0 Å². The molecule has 0 aliphatic rings. The van der Waals surface area contributed by atoms with E-state index in [-0.39, 0.29) is 28.6 Å². The lowest BCUT2D eigenvalue weighted by atomic mass is 10.2. The number of rotatable bonds is 10. The first-order valence-corrected chi connectivity index (χ1v) is 11.4. The molecule has 0 aliphatic heterocycles. The van der Waals surface area contributed by atoms with E-state index in [2.05, 4.69) is 0 Å². The summed E-state index contributed by atoms with van der Waals surface area (Å²) in [7, 11) is -4.19. The largest absolute Gasteiger partial charge is 0.748 e. The highest BCUT2D eigenvalue weighted by Gasteiger charge is 2.18. The molecule has 12 heteroatoms. The molecule has 0 amide bonds. The Morgan fingerprint density at radius 3 is 2.72 bits per heavy atom. The van der Waals surface area contributed by atoms with E-state index in [4.69, 9.17) is 16.3 Å². The third-order valence-electron chi connectivity index (χ3n) is 4.14. The lowest BCUT2D eigenvalue weighted by Crippen LogP contribution is -2.34. The quantitative estimate of drug-likeness (QED) is 0.132. The van der Waals surface area contributed by atoms with Crippen LogP contribution in [-0.2, 0) is 27.8 Å². The molecule has 0 aliphatic carbocycles. The number of unbranched alkanes of at least 4 members (excludes halogenated alkanes) is 1. The van der Waals surface area contributed by atoms with Gasteiger partial charge in [0.2, 0.25) is 5.51 Å². The first-order valence-electron chi connectivity index (χ1n) is 8.59. The number of aromatic nitrogens is 1. The minimum Gasteiger partial charge on any atom is -0.748 e. The van der Waals surface area contributed by atoms with Crippen molar-refractivity contribution in [2.75, 3.05) is 12.4 Å². The van der Waals surface area contributed by atoms with E-state index >= 15 is 0 Å². The number of aryl methyl sites for hydroxylation is 1. The molecule has 0 saturated carbocycles. The van der Waals surface area contributed by atoms with Crippen molar-refractivity contribution in [1.29, 1.82) is 0 Å². The van der Waals surface area contributed by atoms with Gasteiger partial charge in [0.15, 0.2) is 5.69 Å². The number of thiazole rings is 1. The van der Waals surface area contributed by atoms with Gasteiger partial charge in [-0.2, -0.15) is 4.57 Å². The third-order valence-corrected chi connectivity index (χ3v) is 6.39. The predicted octanol–water partition coefficient (Wildman–Crippen LogP) is 2.63. The maximum absolute atomic E-state index is 12.1. The molecular weight excluding hydrogens is 444 g/mol. The van der Waals surface area contributed by atoms with Crippen LogP contribution in [0.1, 0.15) is 33.8 Å². The summed E-state index contributed by atoms with van der Waals surface area (Å²) in [5.41, 5.74) is 2.55. The topological polar surface area (TPSA) is 131 Å². The van der Waals surface area contributed by atoms with Crippen molar-refractivity contribution in [3.63, 3.8) is 0 Å². The molecule has 9 nitrogen and oxygen atoms in total. The number of ether oxygens (including phenoxy) is 1. The standard InChI is InChI=1S/C17H19ClN2O7S2/c1-12-16(28-11-19(12)7-2-3-9-29(24,25)26)6-8-27-17(21)13-4-5-14(18)15(10-13)20(22)23/h4-5,10-11H,2-3,6-9H2,1H3. The fourth-order valence-electron chi connectivity index (χ4n) is 2.57. The number of benzene rings is 1. The van der Waals surface area contributed by atoms with E-state index in [1.807, 2.05) is 17.0 Å². The van der Waals surface area contributed by atoms with Crippen LogP contribution in [0.5, 0.6) is 0 Å². The molecular formula is C17H19ClN2O7S2. The van der Waals surface area contributed by atoms with Crippen molar-refractivity contribution < 1.29 is 32.0 Å². The Labute approximate surface area is 176 Å². The molecule has 0 radical (unpaired) electrons. The van der Waals surface area contributed by atoms with Crippen molar-refractivity contribution in [2.45, 2.75) is 32.7 Å². The number of nitro groups is 1. The summed E-state index contributed by atoms with van der Waals surface area (Å²) in [5, 5.41) is 10.8. The van der Waals surface area contributed by atoms with Crippen molar-refractivity contribution in [1.82, 2.24) is 0 Å². The highest BCUT2D eigenvalue weighted by Crippen LogP contribution is 2.25. The van der Waals surface area contributed by atoms with Crippen LogP contribution in [0.4, 0.5) is 5.69 Å². The van der Waals surface area contributed by atoms with E-state index in [9.17, 15) is 27.9 Å². The minimum atomic E-state index is -4.19. The zero-order chi connectivity index (χ0) is 21.6. The molecule has 0 saturated heterocycles. The maximum atomic E-state index is 12.1. The summed E-state index contributed by atoms with van der Waals surface area (Å²) in [6.45, 7) is 2.59. The molecule has 0 fully saturated rings. The summed E-state index contributed by atoms with van der Waals surface area (Å²) in [6.07, 6.45) is 1.33. The van der Waals surface area contributed by atoms with Crippen LogP contribution in [-0.4, -0.2) is 36.2 Å². The average Bonchev–Trinajstić information content (AvgIpc) is 2.98. The van der Waals surface area contributed by atoms with Gasteiger partial charge in [-0.1, -0.05) is 22.9 Å². The average molecular weight is 463 g/mol. The molecule has 0 spiro atoms. The molecule has 158 valence electrons. The van der Waals surface area contributed by atoms with Gasteiger partial charge in [0.05, 0.1) is 32.1 Å². The fourth-order valence-corrected chi connectivity index (χ4v) is 4.32. The number of halogens is 1. The summed E-state index contributed by atoms with van der Waals surface area (Å²) < 4.78 is 39.0. The third kappa shape index (κ3) is 7.03. The molecule has 0 bridgehead atoms. The molecule has 1 aromatic carbocycles. The lowest BCUT2D eigenvalue weighted by molar-refractivity contribution is -0.698. The van der Waals surface area contributed by atoms with Crippen LogP contribution in [0.2, 0.25) is 5.02 Å². The molecule has 0 atom stereocenters. The second kappa shape index (κ2) is 10.1. The second-order valence-electron chi connectivity index (χ2n) is 6.20. The monoisotopic (exact) mass is 462 g/mol. The van der Waals surface area contributed by atoms with Crippen LogP contribution >= 0.6 is 22.9 Å². The summed E-state index contributed by atoms with van der Waals surface area (Å²) in [6, 6.07) is 3.72. The van der Waals surface area contributed by atoms with Gasteiger partial charge in [0.25, 0.3) is 5.69 Å². The number of hydrogen-bond acceptors (Lipinski definition) is 8. The molecule has 1 heterocycles. The first kappa shape index (κ1) is 23.2. The van der Waals surface area contributed by atoms with E-state index in [1.54, 1.807) is 0 Å². The Morgan fingerprint density at radius 2 is 2.07 bits per heavy atom. The summed E-state index contributed by atoms with van der Waals surface area (Å²) in [5.74, 6) is -1.05. The minimum absolute atomic E-state index is 0.0485. The normalized spacial score (nSPS) is 11.4.